The van der Waals surface area contributed by atoms with Gasteiger partial charge in [0.25, 0.3) is 0 Å². The van der Waals surface area contributed by atoms with Gasteiger partial charge in [-0.05, 0) is 35.9 Å². The van der Waals surface area contributed by atoms with E-state index in [0.29, 0.717) is 10.8 Å². The number of thioether (sulfide) groups is 1. The summed E-state index contributed by atoms with van der Waals surface area (Å²) in [6.45, 7) is 0. The third-order valence-electron chi connectivity index (χ3n) is 3.49. The van der Waals surface area contributed by atoms with Crippen LogP contribution in [-0.4, -0.2) is 16.6 Å². The van der Waals surface area contributed by atoms with E-state index in [1.54, 1.807) is 29.2 Å². The van der Waals surface area contributed by atoms with Gasteiger partial charge < -0.3 is 5.32 Å². The second kappa shape index (κ2) is 5.57. The zero-order valence-corrected chi connectivity index (χ0v) is 13.8. The van der Waals surface area contributed by atoms with Crippen molar-refractivity contribution in [1.82, 2.24) is 4.98 Å². The van der Waals surface area contributed by atoms with E-state index >= 15 is 0 Å². The molecule has 4 rings (SSSR count). The fourth-order valence-corrected chi connectivity index (χ4v) is 4.96. The molecule has 0 bridgehead atoms. The molecule has 2 aromatic carbocycles. The number of halogens is 1. The molecule has 0 saturated heterocycles. The number of rotatable bonds is 1. The Morgan fingerprint density at radius 3 is 2.95 bits per heavy atom. The fraction of sp³-hybridized carbons (Fsp3) is 0.125. The number of carbonyl (C=O) groups excluding carboxylic acids is 1. The summed E-state index contributed by atoms with van der Waals surface area (Å²) in [5.74, 6) is 0.421. The van der Waals surface area contributed by atoms with Gasteiger partial charge in [-0.3, -0.25) is 4.79 Å². The molecule has 22 heavy (non-hydrogen) atoms. The molecule has 0 saturated carbocycles. The van der Waals surface area contributed by atoms with Gasteiger partial charge in [-0.25, -0.2) is 4.98 Å². The quantitative estimate of drug-likeness (QED) is 0.693. The number of anilines is 1. The van der Waals surface area contributed by atoms with Crippen LogP contribution >= 0.6 is 34.7 Å². The molecule has 1 aliphatic heterocycles. The van der Waals surface area contributed by atoms with Crippen molar-refractivity contribution >= 4 is 56.5 Å². The second-order valence-corrected chi connectivity index (χ2v) is 7.58. The molecule has 1 aliphatic rings. The Hall–Kier alpha value is -1.56. The van der Waals surface area contributed by atoms with Crippen LogP contribution in [0.5, 0.6) is 0 Å². The van der Waals surface area contributed by atoms with Crippen molar-refractivity contribution < 1.29 is 4.79 Å². The molecule has 1 amide bonds. The predicted molar refractivity (Wildman–Crippen MR) is 94.0 cm³/mol. The summed E-state index contributed by atoms with van der Waals surface area (Å²) in [6, 6.07) is 13.7. The van der Waals surface area contributed by atoms with Gasteiger partial charge in [0.1, 0.15) is 5.01 Å². The summed E-state index contributed by atoms with van der Waals surface area (Å²) in [5.41, 5.74) is 2.83. The van der Waals surface area contributed by atoms with Crippen LogP contribution in [0.2, 0.25) is 5.02 Å². The summed E-state index contributed by atoms with van der Waals surface area (Å²) < 4.78 is 1.16. The maximum Gasteiger partial charge on any atom is 0.234 e. The molecule has 0 aliphatic carbocycles. The lowest BCUT2D eigenvalue weighted by molar-refractivity contribution is -0.113. The van der Waals surface area contributed by atoms with Crippen molar-refractivity contribution in [3.8, 4) is 0 Å². The predicted octanol–water partition coefficient (Wildman–Crippen LogP) is 4.72. The molecule has 3 aromatic rings. The minimum absolute atomic E-state index is 0.0113. The highest BCUT2D eigenvalue weighted by Crippen LogP contribution is 2.44. The minimum atomic E-state index is 0.0113. The van der Waals surface area contributed by atoms with Crippen molar-refractivity contribution in [1.29, 1.82) is 0 Å². The average molecular weight is 347 g/mol. The van der Waals surface area contributed by atoms with E-state index in [0.717, 1.165) is 26.5 Å². The lowest BCUT2D eigenvalue weighted by Crippen LogP contribution is -2.12. The van der Waals surface area contributed by atoms with E-state index in [4.69, 9.17) is 16.6 Å². The number of thiazole rings is 1. The molecule has 6 heteroatoms. The second-order valence-electron chi connectivity index (χ2n) is 4.99. The number of aromatic nitrogens is 1. The highest BCUT2D eigenvalue weighted by Gasteiger charge is 2.26. The Balaban J connectivity index is 1.87. The average Bonchev–Trinajstić information content (AvgIpc) is 2.86. The Kier molecular flexibility index (Phi) is 3.56. The van der Waals surface area contributed by atoms with Crippen LogP contribution in [0.25, 0.3) is 10.2 Å². The number of amides is 1. The molecule has 2 heterocycles. The van der Waals surface area contributed by atoms with Crippen molar-refractivity contribution in [2.75, 3.05) is 11.1 Å². The fourth-order valence-electron chi connectivity index (χ4n) is 2.51. The van der Waals surface area contributed by atoms with Crippen LogP contribution in [-0.2, 0) is 4.79 Å². The van der Waals surface area contributed by atoms with E-state index in [1.165, 1.54) is 0 Å². The molecule has 0 radical (unpaired) electrons. The van der Waals surface area contributed by atoms with Crippen molar-refractivity contribution in [2.45, 2.75) is 5.25 Å². The van der Waals surface area contributed by atoms with Crippen LogP contribution < -0.4 is 5.32 Å². The summed E-state index contributed by atoms with van der Waals surface area (Å²) in [7, 11) is 0. The number of benzene rings is 2. The van der Waals surface area contributed by atoms with E-state index in [-0.39, 0.29) is 11.2 Å². The Labute approximate surface area is 140 Å². The van der Waals surface area contributed by atoms with Gasteiger partial charge in [-0.1, -0.05) is 23.7 Å². The number of hydrogen-bond acceptors (Lipinski definition) is 4. The molecular formula is C16H11ClN2OS2. The topological polar surface area (TPSA) is 42.0 Å². The summed E-state index contributed by atoms with van der Waals surface area (Å²) in [6.07, 6.45) is 0. The molecule has 1 unspecified atom stereocenters. The molecule has 110 valence electrons. The van der Waals surface area contributed by atoms with Gasteiger partial charge in [-0.15, -0.1) is 23.1 Å². The van der Waals surface area contributed by atoms with Crippen molar-refractivity contribution in [3.63, 3.8) is 0 Å². The first-order valence-electron chi connectivity index (χ1n) is 6.77. The molecule has 0 fully saturated rings. The van der Waals surface area contributed by atoms with Gasteiger partial charge in [-0.2, -0.15) is 0 Å². The van der Waals surface area contributed by atoms with E-state index < -0.39 is 0 Å². The van der Waals surface area contributed by atoms with Gasteiger partial charge in [0, 0.05) is 10.7 Å². The number of nitrogens with one attached hydrogen (secondary N) is 1. The first-order chi connectivity index (χ1) is 10.7. The molecular weight excluding hydrogens is 336 g/mol. The molecule has 0 spiro atoms. The minimum Gasteiger partial charge on any atom is -0.325 e. The highest BCUT2D eigenvalue weighted by atomic mass is 35.5. The van der Waals surface area contributed by atoms with Gasteiger partial charge in [0.05, 0.1) is 21.2 Å². The molecule has 1 aromatic heterocycles. The maximum atomic E-state index is 11.9. The summed E-state index contributed by atoms with van der Waals surface area (Å²) >= 11 is 9.42. The third-order valence-corrected chi connectivity index (χ3v) is 6.21. The summed E-state index contributed by atoms with van der Waals surface area (Å²) in [4.78, 5) is 16.6. The smallest absolute Gasteiger partial charge is 0.234 e. The SMILES string of the molecule is O=C1CSC(c2nc3ccccc3s2)c2cc(Cl)ccc2N1. The third kappa shape index (κ3) is 2.49. The number of hydrogen-bond donors (Lipinski definition) is 1. The first-order valence-corrected chi connectivity index (χ1v) is 9.01. The van der Waals surface area contributed by atoms with Gasteiger partial charge >= 0.3 is 0 Å². The normalized spacial score (nSPS) is 17.9. The number of nitrogens with zero attached hydrogens (tertiary/aromatic N) is 1. The standard InChI is InChI=1S/C16H11ClN2OS2/c17-9-5-6-11-10(7-9)15(21-8-14(20)18-11)16-19-12-3-1-2-4-13(12)22-16/h1-7,15H,8H2,(H,18,20). The van der Waals surface area contributed by atoms with E-state index in [9.17, 15) is 4.79 Å². The largest absolute Gasteiger partial charge is 0.325 e. The lowest BCUT2D eigenvalue weighted by Gasteiger charge is -2.14. The monoisotopic (exact) mass is 346 g/mol. The maximum absolute atomic E-state index is 11.9. The zero-order valence-electron chi connectivity index (χ0n) is 11.4. The van der Waals surface area contributed by atoms with Crippen molar-refractivity contribution in [2.24, 2.45) is 0 Å². The molecule has 1 N–H and O–H groups in total. The van der Waals surface area contributed by atoms with Crippen LogP contribution in [0.1, 0.15) is 15.8 Å². The van der Waals surface area contributed by atoms with E-state index in [1.807, 2.05) is 30.3 Å². The number of carbonyl (C=O) groups is 1. The van der Waals surface area contributed by atoms with Crippen LogP contribution in [0.3, 0.4) is 0 Å². The van der Waals surface area contributed by atoms with Crippen LogP contribution in [0, 0.1) is 0 Å². The zero-order chi connectivity index (χ0) is 15.1. The summed E-state index contributed by atoms with van der Waals surface area (Å²) in [5, 5.41) is 4.63. The van der Waals surface area contributed by atoms with Crippen LogP contribution in [0.15, 0.2) is 42.5 Å². The lowest BCUT2D eigenvalue weighted by atomic mass is 10.1. The first kappa shape index (κ1) is 14.1. The highest BCUT2D eigenvalue weighted by molar-refractivity contribution is 8.00. The molecule has 1 atom stereocenters. The van der Waals surface area contributed by atoms with Gasteiger partial charge in [0.15, 0.2) is 0 Å². The van der Waals surface area contributed by atoms with Crippen molar-refractivity contribution in [3.05, 3.63) is 58.1 Å². The van der Waals surface area contributed by atoms with E-state index in [2.05, 4.69) is 11.4 Å². The Morgan fingerprint density at radius 2 is 2.09 bits per heavy atom. The number of fused-ring (bicyclic) bond motifs is 2. The van der Waals surface area contributed by atoms with Crippen LogP contribution in [0.4, 0.5) is 5.69 Å². The van der Waals surface area contributed by atoms with Gasteiger partial charge in [0.2, 0.25) is 5.91 Å². The Morgan fingerprint density at radius 1 is 1.23 bits per heavy atom. The molecule has 3 nitrogen and oxygen atoms in total. The Bertz CT molecular complexity index is 844. The number of para-hydroxylation sites is 1.